The van der Waals surface area contributed by atoms with E-state index in [2.05, 4.69) is 26.1 Å². The summed E-state index contributed by atoms with van der Waals surface area (Å²) in [7, 11) is 1.56. The number of amides is 3. The number of carbonyl (C=O) groups excluding carboxylic acids is 3. The van der Waals surface area contributed by atoms with Gasteiger partial charge in [0.2, 0.25) is 5.91 Å². The number of morpholine rings is 1. The Labute approximate surface area is 204 Å². The van der Waals surface area contributed by atoms with Crippen LogP contribution >= 0.6 is 27.7 Å². The van der Waals surface area contributed by atoms with Crippen molar-refractivity contribution in [3.8, 4) is 5.75 Å². The molecule has 2 fully saturated rings. The van der Waals surface area contributed by atoms with Crippen LogP contribution in [-0.2, 0) is 14.3 Å². The lowest BCUT2D eigenvalue weighted by Crippen LogP contribution is -2.36. The first-order valence-electron chi connectivity index (χ1n) is 10.3. The minimum atomic E-state index is -0.491. The highest BCUT2D eigenvalue weighted by Crippen LogP contribution is 2.33. The Morgan fingerprint density at radius 2 is 1.91 bits per heavy atom. The van der Waals surface area contributed by atoms with Crippen LogP contribution in [0.1, 0.15) is 5.56 Å². The summed E-state index contributed by atoms with van der Waals surface area (Å²) in [5, 5.41) is 2.27. The second kappa shape index (κ2) is 10.4. The molecule has 0 saturated carbocycles. The average molecular weight is 532 g/mol. The first-order valence-corrected chi connectivity index (χ1v) is 11.9. The first kappa shape index (κ1) is 23.3. The van der Waals surface area contributed by atoms with E-state index >= 15 is 0 Å². The van der Waals surface area contributed by atoms with Gasteiger partial charge in [0.15, 0.2) is 0 Å². The van der Waals surface area contributed by atoms with Crippen molar-refractivity contribution in [2.24, 2.45) is 0 Å². The van der Waals surface area contributed by atoms with Crippen LogP contribution in [0.3, 0.4) is 0 Å². The van der Waals surface area contributed by atoms with Crippen molar-refractivity contribution in [1.29, 1.82) is 0 Å². The van der Waals surface area contributed by atoms with E-state index in [1.807, 2.05) is 12.1 Å². The molecule has 2 aliphatic heterocycles. The Balaban J connectivity index is 1.37. The number of nitrogens with one attached hydrogen (secondary N) is 1. The Morgan fingerprint density at radius 3 is 2.58 bits per heavy atom. The van der Waals surface area contributed by atoms with Gasteiger partial charge in [0, 0.05) is 24.5 Å². The van der Waals surface area contributed by atoms with Crippen LogP contribution in [0.5, 0.6) is 5.75 Å². The summed E-state index contributed by atoms with van der Waals surface area (Å²) < 4.78 is 11.3. The maximum atomic E-state index is 12.7. The van der Waals surface area contributed by atoms with Gasteiger partial charge in [-0.3, -0.25) is 19.3 Å². The largest absolute Gasteiger partial charge is 0.496 e. The molecule has 10 heteroatoms. The summed E-state index contributed by atoms with van der Waals surface area (Å²) in [6.45, 7) is 2.69. The van der Waals surface area contributed by atoms with Crippen molar-refractivity contribution < 1.29 is 23.9 Å². The zero-order valence-electron chi connectivity index (χ0n) is 17.9. The highest BCUT2D eigenvalue weighted by molar-refractivity contribution is 9.10. The summed E-state index contributed by atoms with van der Waals surface area (Å²) >= 11 is 4.22. The molecule has 2 aliphatic rings. The fraction of sp³-hybridized carbons (Fsp3) is 0.261. The highest BCUT2D eigenvalue weighted by Gasteiger charge is 2.36. The summed E-state index contributed by atoms with van der Waals surface area (Å²) in [5.74, 6) is -0.269. The smallest absolute Gasteiger partial charge is 0.294 e. The zero-order valence-corrected chi connectivity index (χ0v) is 20.3. The number of methoxy groups -OCH3 is 1. The molecule has 0 atom stereocenters. The third-order valence-electron chi connectivity index (χ3n) is 5.18. The molecule has 33 heavy (non-hydrogen) atoms. The minimum Gasteiger partial charge on any atom is -0.496 e. The zero-order chi connectivity index (χ0) is 23.4. The molecule has 1 N–H and O–H groups in total. The SMILES string of the molecule is COc1ccc(/C=C2/SC(=O)N(CC(=O)Nc3ccc(N4CCOCC4)cc3)C2=O)cc1Br. The van der Waals surface area contributed by atoms with E-state index in [4.69, 9.17) is 9.47 Å². The number of carbonyl (C=O) groups is 3. The topological polar surface area (TPSA) is 88.2 Å². The predicted molar refractivity (Wildman–Crippen MR) is 131 cm³/mol. The van der Waals surface area contributed by atoms with Crippen molar-refractivity contribution in [3.63, 3.8) is 0 Å². The number of benzene rings is 2. The van der Waals surface area contributed by atoms with Gasteiger partial charge < -0.3 is 19.7 Å². The van der Waals surface area contributed by atoms with E-state index in [0.717, 1.165) is 45.5 Å². The normalized spacial score (nSPS) is 17.6. The molecule has 2 heterocycles. The number of nitrogens with zero attached hydrogens (tertiary/aromatic N) is 2. The molecule has 3 amide bonds. The Kier molecular flexibility index (Phi) is 7.36. The highest BCUT2D eigenvalue weighted by atomic mass is 79.9. The van der Waals surface area contributed by atoms with Crippen LogP contribution in [0.4, 0.5) is 16.2 Å². The molecular weight excluding hydrogens is 510 g/mol. The molecule has 2 aromatic carbocycles. The maximum absolute atomic E-state index is 12.7. The van der Waals surface area contributed by atoms with E-state index in [1.165, 1.54) is 0 Å². The lowest BCUT2D eigenvalue weighted by atomic mass is 10.2. The Bertz CT molecular complexity index is 1100. The molecule has 0 aliphatic carbocycles. The van der Waals surface area contributed by atoms with Gasteiger partial charge in [-0.1, -0.05) is 6.07 Å². The molecule has 0 unspecified atom stereocenters. The molecule has 0 bridgehead atoms. The van der Waals surface area contributed by atoms with Crippen LogP contribution in [0.15, 0.2) is 51.8 Å². The average Bonchev–Trinajstić information content (AvgIpc) is 3.07. The van der Waals surface area contributed by atoms with Crippen LogP contribution in [0.2, 0.25) is 0 Å². The van der Waals surface area contributed by atoms with Crippen molar-refractivity contribution in [2.75, 3.05) is 50.2 Å². The van der Waals surface area contributed by atoms with Crippen molar-refractivity contribution in [3.05, 3.63) is 57.4 Å². The molecule has 172 valence electrons. The lowest BCUT2D eigenvalue weighted by Gasteiger charge is -2.28. The van der Waals surface area contributed by atoms with Crippen LogP contribution < -0.4 is 15.0 Å². The number of anilines is 2. The number of hydrogen-bond acceptors (Lipinski definition) is 7. The third-order valence-corrected chi connectivity index (χ3v) is 6.70. The van der Waals surface area contributed by atoms with Crippen LogP contribution in [0, 0.1) is 0 Å². The fourth-order valence-corrected chi connectivity index (χ4v) is 4.88. The molecule has 2 aromatic rings. The maximum Gasteiger partial charge on any atom is 0.294 e. The summed E-state index contributed by atoms with van der Waals surface area (Å²) in [4.78, 5) is 41.0. The second-order valence-corrected chi connectivity index (χ2v) is 9.20. The Hall–Kier alpha value is -2.82. The molecular formula is C23H22BrN3O5S. The van der Waals surface area contributed by atoms with Gasteiger partial charge in [-0.2, -0.15) is 0 Å². The van der Waals surface area contributed by atoms with Gasteiger partial charge in [-0.05, 0) is 75.7 Å². The van der Waals surface area contributed by atoms with Gasteiger partial charge in [0.05, 0.1) is 29.7 Å². The molecule has 0 radical (unpaired) electrons. The summed E-state index contributed by atoms with van der Waals surface area (Å²) in [6, 6.07) is 12.8. The van der Waals surface area contributed by atoms with Gasteiger partial charge in [-0.25, -0.2) is 0 Å². The van der Waals surface area contributed by atoms with Crippen molar-refractivity contribution in [2.45, 2.75) is 0 Å². The number of rotatable bonds is 6. The van der Waals surface area contributed by atoms with Crippen molar-refractivity contribution in [1.82, 2.24) is 4.90 Å². The fourth-order valence-electron chi connectivity index (χ4n) is 3.48. The minimum absolute atomic E-state index is 0.264. The number of halogens is 1. The van der Waals surface area contributed by atoms with E-state index in [9.17, 15) is 14.4 Å². The molecule has 4 rings (SSSR count). The molecule has 0 aromatic heterocycles. The number of hydrogen-bond donors (Lipinski definition) is 1. The molecule has 0 spiro atoms. The van der Waals surface area contributed by atoms with E-state index in [0.29, 0.717) is 24.7 Å². The molecule has 2 saturated heterocycles. The summed E-state index contributed by atoms with van der Waals surface area (Å²) in [5.41, 5.74) is 2.39. The van der Waals surface area contributed by atoms with Gasteiger partial charge in [-0.15, -0.1) is 0 Å². The number of imide groups is 1. The van der Waals surface area contributed by atoms with E-state index in [1.54, 1.807) is 43.5 Å². The first-order chi connectivity index (χ1) is 15.9. The van der Waals surface area contributed by atoms with E-state index < -0.39 is 17.1 Å². The predicted octanol–water partition coefficient (Wildman–Crippen LogP) is 3.97. The van der Waals surface area contributed by atoms with Gasteiger partial charge in [0.1, 0.15) is 12.3 Å². The van der Waals surface area contributed by atoms with Crippen molar-refractivity contribution >= 4 is 62.2 Å². The lowest BCUT2D eigenvalue weighted by molar-refractivity contribution is -0.127. The van der Waals surface area contributed by atoms with E-state index in [-0.39, 0.29) is 11.4 Å². The standard InChI is InChI=1S/C23H22BrN3O5S/c1-31-19-7-2-15(12-18(19)24)13-20-22(29)27(23(30)33-20)14-21(28)25-16-3-5-17(6-4-16)26-8-10-32-11-9-26/h2-7,12-13H,8-11,14H2,1H3,(H,25,28)/b20-13+. The second-order valence-electron chi connectivity index (χ2n) is 7.36. The number of thioether (sulfide) groups is 1. The van der Waals surface area contributed by atoms with Crippen LogP contribution in [0.25, 0.3) is 6.08 Å². The Morgan fingerprint density at radius 1 is 1.18 bits per heavy atom. The van der Waals surface area contributed by atoms with Gasteiger partial charge >= 0.3 is 0 Å². The monoisotopic (exact) mass is 531 g/mol. The van der Waals surface area contributed by atoms with Crippen LogP contribution in [-0.4, -0.2) is 61.9 Å². The quantitative estimate of drug-likeness (QED) is 0.564. The van der Waals surface area contributed by atoms with Gasteiger partial charge in [0.25, 0.3) is 11.1 Å². The number of ether oxygens (including phenoxy) is 2. The third kappa shape index (κ3) is 5.58. The molecule has 8 nitrogen and oxygen atoms in total. The summed E-state index contributed by atoms with van der Waals surface area (Å²) in [6.07, 6.45) is 1.62.